The number of carbonyl (C=O) groups is 2. The van der Waals surface area contributed by atoms with Crippen LogP contribution < -0.4 is 0 Å². The molecule has 0 heterocycles. The van der Waals surface area contributed by atoms with Crippen molar-refractivity contribution in [2.24, 2.45) is 46.3 Å². The van der Waals surface area contributed by atoms with E-state index in [-0.39, 0.29) is 34.6 Å². The molecule has 0 aromatic rings. The van der Waals surface area contributed by atoms with Crippen LogP contribution in [-0.2, 0) is 9.59 Å². The van der Waals surface area contributed by atoms with Crippen molar-refractivity contribution in [2.45, 2.75) is 78.7 Å². The number of aliphatic hydroxyl groups excluding tert-OH is 1. The molecule has 4 aliphatic carbocycles. The Hall–Kier alpha value is -0.700. The molecule has 9 atom stereocenters. The first-order chi connectivity index (χ1) is 11.7. The highest BCUT2D eigenvalue weighted by atomic mass is 16.3. The summed E-state index contributed by atoms with van der Waals surface area (Å²) in [5.74, 6) is 2.79. The molecule has 4 fully saturated rings. The van der Waals surface area contributed by atoms with Gasteiger partial charge in [-0.05, 0) is 80.0 Å². The fraction of sp³-hybridized carbons (Fsp3) is 0.909. The Balaban J connectivity index is 1.70. The van der Waals surface area contributed by atoms with Crippen molar-refractivity contribution in [3.05, 3.63) is 0 Å². The van der Waals surface area contributed by atoms with Crippen LogP contribution in [0.2, 0.25) is 0 Å². The molecule has 4 saturated carbocycles. The van der Waals surface area contributed by atoms with Crippen LogP contribution in [0.15, 0.2) is 0 Å². The van der Waals surface area contributed by atoms with Crippen molar-refractivity contribution in [3.8, 4) is 0 Å². The third kappa shape index (κ3) is 2.33. The third-order valence-electron chi connectivity index (χ3n) is 9.10. The molecule has 4 rings (SSSR count). The zero-order chi connectivity index (χ0) is 18.1. The van der Waals surface area contributed by atoms with E-state index in [1.165, 1.54) is 0 Å². The molecule has 140 valence electrons. The molecule has 0 aromatic carbocycles. The summed E-state index contributed by atoms with van der Waals surface area (Å²) in [6.45, 7) is 8.52. The van der Waals surface area contributed by atoms with Gasteiger partial charge in [0, 0.05) is 18.3 Å². The van der Waals surface area contributed by atoms with Crippen molar-refractivity contribution in [1.29, 1.82) is 0 Å². The summed E-state index contributed by atoms with van der Waals surface area (Å²) in [5.41, 5.74) is -0.0566. The number of hydrogen-bond donors (Lipinski definition) is 1. The minimum atomic E-state index is -0.174. The lowest BCUT2D eigenvalue weighted by molar-refractivity contribution is -0.162. The first-order valence-corrected chi connectivity index (χ1v) is 10.4. The average molecular weight is 347 g/mol. The molecule has 0 saturated heterocycles. The summed E-state index contributed by atoms with van der Waals surface area (Å²) < 4.78 is 0. The van der Waals surface area contributed by atoms with E-state index < -0.39 is 0 Å². The molecule has 1 N–H and O–H groups in total. The molecule has 0 unspecified atom stereocenters. The summed E-state index contributed by atoms with van der Waals surface area (Å²) in [5, 5.41) is 10.1. The maximum Gasteiger partial charge on any atom is 0.137 e. The maximum absolute atomic E-state index is 13.4. The fourth-order valence-corrected chi connectivity index (χ4v) is 8.29. The van der Waals surface area contributed by atoms with E-state index in [2.05, 4.69) is 20.8 Å². The second kappa shape index (κ2) is 5.65. The smallest absolute Gasteiger partial charge is 0.137 e. The predicted molar refractivity (Wildman–Crippen MR) is 96.8 cm³/mol. The number of ketones is 2. The van der Waals surface area contributed by atoms with Crippen molar-refractivity contribution < 1.29 is 14.7 Å². The van der Waals surface area contributed by atoms with Crippen molar-refractivity contribution in [3.63, 3.8) is 0 Å². The normalized spacial score (nSPS) is 55.2. The van der Waals surface area contributed by atoms with Gasteiger partial charge in [0.1, 0.15) is 11.6 Å². The fourth-order valence-electron chi connectivity index (χ4n) is 8.29. The minimum absolute atomic E-state index is 0.0566. The standard InChI is InChI=1S/C22H34O3/c1-12-9-17-16-6-5-14-10-15(24)7-8-21(14,3)20(16)18(25)11-22(17,4)19(12)13(2)23/h12,14-17,19-20,24H,5-11H2,1-4H3/t12-,14+,15-,16+,17+,19-,20-,21+,22+/m1/s1. The van der Waals surface area contributed by atoms with E-state index in [9.17, 15) is 14.7 Å². The second-order valence-corrected chi connectivity index (χ2v) is 10.4. The Bertz CT molecular complexity index is 598. The molecule has 0 bridgehead atoms. The molecule has 0 radical (unpaired) electrons. The van der Waals surface area contributed by atoms with Gasteiger partial charge in [0.05, 0.1) is 6.10 Å². The first-order valence-electron chi connectivity index (χ1n) is 10.4. The largest absolute Gasteiger partial charge is 0.393 e. The molecular weight excluding hydrogens is 312 g/mol. The van der Waals surface area contributed by atoms with E-state index in [0.29, 0.717) is 35.9 Å². The number of carbonyl (C=O) groups excluding carboxylic acids is 2. The summed E-state index contributed by atoms with van der Waals surface area (Å²) in [7, 11) is 0. The topological polar surface area (TPSA) is 54.4 Å². The predicted octanol–water partition coefficient (Wildman–Crippen LogP) is 4.02. The monoisotopic (exact) mass is 346 g/mol. The maximum atomic E-state index is 13.4. The van der Waals surface area contributed by atoms with Crippen LogP contribution >= 0.6 is 0 Å². The van der Waals surface area contributed by atoms with Crippen LogP contribution in [0.25, 0.3) is 0 Å². The Morgan fingerprint density at radius 3 is 2.52 bits per heavy atom. The Morgan fingerprint density at radius 1 is 1.12 bits per heavy atom. The van der Waals surface area contributed by atoms with Gasteiger partial charge in [0.25, 0.3) is 0 Å². The second-order valence-electron chi connectivity index (χ2n) is 10.4. The quantitative estimate of drug-likeness (QED) is 0.780. The van der Waals surface area contributed by atoms with Gasteiger partial charge >= 0.3 is 0 Å². The van der Waals surface area contributed by atoms with Gasteiger partial charge in [-0.3, -0.25) is 9.59 Å². The van der Waals surface area contributed by atoms with Crippen LogP contribution in [0.4, 0.5) is 0 Å². The van der Waals surface area contributed by atoms with E-state index in [0.717, 1.165) is 38.5 Å². The third-order valence-corrected chi connectivity index (χ3v) is 9.10. The SMILES string of the molecule is CC(=O)[C@H]1[C@H](C)C[C@H]2[C@@H]3CC[C@H]4C[C@H](O)CC[C@]4(C)[C@H]3C(=O)C[C@@]21C. The van der Waals surface area contributed by atoms with Gasteiger partial charge in [-0.2, -0.15) is 0 Å². The van der Waals surface area contributed by atoms with Gasteiger partial charge in [-0.25, -0.2) is 0 Å². The highest BCUT2D eigenvalue weighted by Gasteiger charge is 2.65. The number of hydrogen-bond acceptors (Lipinski definition) is 3. The van der Waals surface area contributed by atoms with Gasteiger partial charge < -0.3 is 5.11 Å². The molecule has 3 nitrogen and oxygen atoms in total. The van der Waals surface area contributed by atoms with Gasteiger partial charge in [0.15, 0.2) is 0 Å². The lowest BCUT2D eigenvalue weighted by atomic mass is 9.44. The molecule has 0 amide bonds. The molecule has 0 spiro atoms. The summed E-state index contributed by atoms with van der Waals surface area (Å²) >= 11 is 0. The van der Waals surface area contributed by atoms with E-state index in [4.69, 9.17) is 0 Å². The first kappa shape index (κ1) is 17.7. The number of aliphatic hydroxyl groups is 1. The van der Waals surface area contributed by atoms with E-state index in [1.807, 2.05) is 0 Å². The minimum Gasteiger partial charge on any atom is -0.393 e. The number of fused-ring (bicyclic) bond motifs is 5. The summed E-state index contributed by atoms with van der Waals surface area (Å²) in [6, 6.07) is 0. The lowest BCUT2D eigenvalue weighted by Crippen LogP contribution is -2.58. The Labute approximate surface area is 151 Å². The zero-order valence-electron chi connectivity index (χ0n) is 16.3. The van der Waals surface area contributed by atoms with Crippen LogP contribution in [0.5, 0.6) is 0 Å². The summed E-state index contributed by atoms with van der Waals surface area (Å²) in [6.07, 6.45) is 6.50. The summed E-state index contributed by atoms with van der Waals surface area (Å²) in [4.78, 5) is 25.8. The number of rotatable bonds is 1. The lowest BCUT2D eigenvalue weighted by Gasteiger charge is -2.59. The molecule has 4 aliphatic rings. The highest BCUT2D eigenvalue weighted by molar-refractivity contribution is 5.87. The van der Waals surface area contributed by atoms with Crippen molar-refractivity contribution >= 4 is 11.6 Å². The van der Waals surface area contributed by atoms with Crippen LogP contribution in [0.1, 0.15) is 72.6 Å². The van der Waals surface area contributed by atoms with Crippen LogP contribution in [0, 0.1) is 46.3 Å². The molecule has 25 heavy (non-hydrogen) atoms. The van der Waals surface area contributed by atoms with Crippen LogP contribution in [-0.4, -0.2) is 22.8 Å². The Kier molecular flexibility index (Phi) is 4.00. The van der Waals surface area contributed by atoms with Gasteiger partial charge in [-0.15, -0.1) is 0 Å². The van der Waals surface area contributed by atoms with Crippen molar-refractivity contribution in [1.82, 2.24) is 0 Å². The highest BCUT2D eigenvalue weighted by Crippen LogP contribution is 2.67. The Morgan fingerprint density at radius 2 is 1.84 bits per heavy atom. The molecule has 3 heteroatoms. The van der Waals surface area contributed by atoms with Gasteiger partial charge in [0.2, 0.25) is 0 Å². The van der Waals surface area contributed by atoms with E-state index in [1.54, 1.807) is 6.92 Å². The van der Waals surface area contributed by atoms with Crippen LogP contribution in [0.3, 0.4) is 0 Å². The number of Topliss-reactive ketones (excluding diaryl/α,β-unsaturated/α-hetero) is 2. The van der Waals surface area contributed by atoms with Gasteiger partial charge in [-0.1, -0.05) is 20.8 Å². The van der Waals surface area contributed by atoms with E-state index >= 15 is 0 Å². The average Bonchev–Trinajstić information content (AvgIpc) is 2.77. The molecular formula is C22H34O3. The zero-order valence-corrected chi connectivity index (χ0v) is 16.3. The molecule has 0 aliphatic heterocycles. The van der Waals surface area contributed by atoms with Crippen molar-refractivity contribution in [2.75, 3.05) is 0 Å². The molecule has 0 aromatic heterocycles.